The number of nitrogens with one attached hydrogen (secondary N) is 1. The molecule has 2 rings (SSSR count). The first-order valence-electron chi connectivity index (χ1n) is 6.16. The lowest BCUT2D eigenvalue weighted by Crippen LogP contribution is -2.44. The van der Waals surface area contributed by atoms with Crippen molar-refractivity contribution < 1.29 is 13.2 Å². The van der Waals surface area contributed by atoms with Crippen LogP contribution in [0.2, 0.25) is 5.02 Å². The van der Waals surface area contributed by atoms with Crippen LogP contribution in [0.25, 0.3) is 10.9 Å². The number of primary amides is 1. The molecule has 0 aliphatic carbocycles. The molecule has 114 valence electrons. The molecule has 1 amide bonds. The molecular formula is C13H16ClN3O3S. The third-order valence-electron chi connectivity index (χ3n) is 2.65. The van der Waals surface area contributed by atoms with Crippen LogP contribution in [0.4, 0.5) is 0 Å². The van der Waals surface area contributed by atoms with Gasteiger partial charge in [-0.25, -0.2) is 3.97 Å². The summed E-state index contributed by atoms with van der Waals surface area (Å²) in [5.41, 5.74) is 4.81. The summed E-state index contributed by atoms with van der Waals surface area (Å²) in [5, 5.41) is 0.965. The van der Waals surface area contributed by atoms with Gasteiger partial charge < -0.3 is 5.73 Å². The summed E-state index contributed by atoms with van der Waals surface area (Å²) in [4.78, 5) is 11.6. The van der Waals surface area contributed by atoms with Crippen molar-refractivity contribution in [2.45, 2.75) is 26.3 Å². The number of amides is 1. The van der Waals surface area contributed by atoms with E-state index >= 15 is 0 Å². The second kappa shape index (κ2) is 5.01. The van der Waals surface area contributed by atoms with E-state index in [4.69, 9.17) is 17.3 Å². The van der Waals surface area contributed by atoms with E-state index in [1.54, 1.807) is 32.9 Å². The van der Waals surface area contributed by atoms with Crippen LogP contribution in [-0.2, 0) is 10.2 Å². The minimum Gasteiger partial charge on any atom is -0.364 e. The van der Waals surface area contributed by atoms with Gasteiger partial charge in [0, 0.05) is 15.9 Å². The van der Waals surface area contributed by atoms with E-state index < -0.39 is 21.7 Å². The quantitative estimate of drug-likeness (QED) is 0.900. The zero-order valence-electron chi connectivity index (χ0n) is 11.8. The molecule has 0 unspecified atom stereocenters. The van der Waals surface area contributed by atoms with Gasteiger partial charge in [-0.05, 0) is 45.0 Å². The maximum absolute atomic E-state index is 12.5. The number of benzene rings is 1. The van der Waals surface area contributed by atoms with Crippen LogP contribution in [0.15, 0.2) is 24.3 Å². The molecular weight excluding hydrogens is 314 g/mol. The average molecular weight is 330 g/mol. The summed E-state index contributed by atoms with van der Waals surface area (Å²) >= 11 is 5.89. The highest BCUT2D eigenvalue weighted by atomic mass is 35.5. The van der Waals surface area contributed by atoms with Gasteiger partial charge in [0.15, 0.2) is 0 Å². The van der Waals surface area contributed by atoms with Crippen molar-refractivity contribution >= 4 is 38.6 Å². The van der Waals surface area contributed by atoms with E-state index in [9.17, 15) is 13.2 Å². The largest absolute Gasteiger partial charge is 0.364 e. The number of carbonyl (C=O) groups excluding carboxylic acids is 1. The average Bonchev–Trinajstić information content (AvgIpc) is 2.64. The number of hydrogen-bond donors (Lipinski definition) is 2. The third-order valence-corrected chi connectivity index (χ3v) is 4.63. The number of rotatable bonds is 3. The van der Waals surface area contributed by atoms with E-state index in [1.807, 2.05) is 0 Å². The monoisotopic (exact) mass is 329 g/mol. The molecule has 0 bridgehead atoms. The standard InChI is InChI=1S/C13H16ClN3O3S/c1-13(2,3)16-21(19,20)17-10-5-4-9(14)6-8(10)7-11(17)12(15)18/h4-7,16H,1-3H3,(H2,15,18). The fourth-order valence-corrected chi connectivity index (χ4v) is 3.90. The van der Waals surface area contributed by atoms with E-state index in [0.29, 0.717) is 15.9 Å². The predicted molar refractivity (Wildman–Crippen MR) is 82.7 cm³/mol. The molecule has 1 aromatic heterocycles. The fourth-order valence-electron chi connectivity index (χ4n) is 2.02. The van der Waals surface area contributed by atoms with Crippen molar-refractivity contribution in [1.29, 1.82) is 0 Å². The molecule has 0 atom stereocenters. The Labute approximate surface area is 128 Å². The van der Waals surface area contributed by atoms with Crippen LogP contribution in [-0.4, -0.2) is 23.8 Å². The first kappa shape index (κ1) is 15.8. The van der Waals surface area contributed by atoms with Crippen LogP contribution in [0.3, 0.4) is 0 Å². The van der Waals surface area contributed by atoms with E-state index in [2.05, 4.69) is 4.72 Å². The molecule has 0 saturated heterocycles. The number of aromatic nitrogens is 1. The van der Waals surface area contributed by atoms with Gasteiger partial charge in [-0.15, -0.1) is 0 Å². The van der Waals surface area contributed by atoms with Crippen molar-refractivity contribution in [3.05, 3.63) is 35.0 Å². The minimum atomic E-state index is -3.97. The minimum absolute atomic E-state index is 0.121. The molecule has 0 aliphatic rings. The van der Waals surface area contributed by atoms with Gasteiger partial charge in [-0.1, -0.05) is 11.6 Å². The van der Waals surface area contributed by atoms with Crippen LogP contribution in [0.5, 0.6) is 0 Å². The fraction of sp³-hybridized carbons (Fsp3) is 0.308. The highest BCUT2D eigenvalue weighted by molar-refractivity contribution is 7.88. The van der Waals surface area contributed by atoms with Gasteiger partial charge in [0.1, 0.15) is 5.69 Å². The molecule has 1 aromatic carbocycles. The van der Waals surface area contributed by atoms with Gasteiger partial charge in [-0.3, -0.25) is 4.79 Å². The lowest BCUT2D eigenvalue weighted by Gasteiger charge is -2.21. The Morgan fingerprint density at radius 3 is 2.43 bits per heavy atom. The van der Waals surface area contributed by atoms with Gasteiger partial charge in [-0.2, -0.15) is 13.1 Å². The van der Waals surface area contributed by atoms with Crippen LogP contribution in [0, 0.1) is 0 Å². The molecule has 3 N–H and O–H groups in total. The van der Waals surface area contributed by atoms with Crippen molar-refractivity contribution in [3.63, 3.8) is 0 Å². The topological polar surface area (TPSA) is 94.2 Å². The van der Waals surface area contributed by atoms with E-state index in [0.717, 1.165) is 3.97 Å². The molecule has 8 heteroatoms. The maximum atomic E-state index is 12.5. The van der Waals surface area contributed by atoms with E-state index in [-0.39, 0.29) is 5.69 Å². The molecule has 0 fully saturated rings. The Balaban J connectivity index is 2.78. The number of nitrogens with two attached hydrogens (primary N) is 1. The lowest BCUT2D eigenvalue weighted by molar-refractivity contribution is 0.0994. The van der Waals surface area contributed by atoms with Gasteiger partial charge in [0.2, 0.25) is 0 Å². The Kier molecular flexibility index (Phi) is 3.77. The summed E-state index contributed by atoms with van der Waals surface area (Å²) in [6.07, 6.45) is 0. The van der Waals surface area contributed by atoms with Crippen LogP contribution in [0.1, 0.15) is 31.3 Å². The van der Waals surface area contributed by atoms with Gasteiger partial charge in [0.05, 0.1) is 5.52 Å². The first-order valence-corrected chi connectivity index (χ1v) is 7.98. The third kappa shape index (κ3) is 3.20. The molecule has 0 spiro atoms. The SMILES string of the molecule is CC(C)(C)NS(=O)(=O)n1c(C(N)=O)cc2cc(Cl)ccc21. The van der Waals surface area contributed by atoms with Crippen molar-refractivity contribution in [2.75, 3.05) is 0 Å². The summed E-state index contributed by atoms with van der Waals surface area (Å²) in [6.45, 7) is 5.12. The summed E-state index contributed by atoms with van der Waals surface area (Å²) in [7, 11) is -3.97. The van der Waals surface area contributed by atoms with Crippen LogP contribution < -0.4 is 10.5 Å². The number of fused-ring (bicyclic) bond motifs is 1. The number of hydrogen-bond acceptors (Lipinski definition) is 3. The number of halogens is 1. The van der Waals surface area contributed by atoms with Crippen molar-refractivity contribution in [1.82, 2.24) is 8.69 Å². The maximum Gasteiger partial charge on any atom is 0.306 e. The first-order chi connectivity index (χ1) is 9.51. The van der Waals surface area contributed by atoms with Crippen molar-refractivity contribution in [3.8, 4) is 0 Å². The molecule has 0 saturated carbocycles. The smallest absolute Gasteiger partial charge is 0.306 e. The summed E-state index contributed by atoms with van der Waals surface area (Å²) in [6, 6.07) is 6.07. The second-order valence-electron chi connectivity index (χ2n) is 5.72. The normalized spacial score (nSPS) is 12.8. The number of nitrogens with zero attached hydrogens (tertiary/aromatic N) is 1. The Morgan fingerprint density at radius 1 is 1.29 bits per heavy atom. The summed E-state index contributed by atoms with van der Waals surface area (Å²) < 4.78 is 28.5. The van der Waals surface area contributed by atoms with E-state index in [1.165, 1.54) is 12.1 Å². The zero-order chi connectivity index (χ0) is 16.0. The molecule has 1 heterocycles. The second-order valence-corrected chi connectivity index (χ2v) is 7.67. The molecule has 2 aromatic rings. The number of carbonyl (C=O) groups is 1. The summed E-state index contributed by atoms with van der Waals surface area (Å²) in [5.74, 6) is -0.832. The molecule has 21 heavy (non-hydrogen) atoms. The molecule has 6 nitrogen and oxygen atoms in total. The van der Waals surface area contributed by atoms with Crippen LogP contribution >= 0.6 is 11.6 Å². The molecule has 0 radical (unpaired) electrons. The van der Waals surface area contributed by atoms with Crippen molar-refractivity contribution in [2.24, 2.45) is 5.73 Å². The Morgan fingerprint density at radius 2 is 1.90 bits per heavy atom. The highest BCUT2D eigenvalue weighted by Crippen LogP contribution is 2.25. The highest BCUT2D eigenvalue weighted by Gasteiger charge is 2.27. The molecule has 0 aliphatic heterocycles. The van der Waals surface area contributed by atoms with Gasteiger partial charge in [0.25, 0.3) is 5.91 Å². The zero-order valence-corrected chi connectivity index (χ0v) is 13.4. The van der Waals surface area contributed by atoms with Gasteiger partial charge >= 0.3 is 10.2 Å². The predicted octanol–water partition coefficient (Wildman–Crippen LogP) is 1.87. The lowest BCUT2D eigenvalue weighted by atomic mass is 10.1. The Hall–Kier alpha value is -1.57. The Bertz CT molecular complexity index is 819.